The Hall–Kier alpha value is -1.59. The first kappa shape index (κ1) is 14.8. The van der Waals surface area contributed by atoms with Gasteiger partial charge in [0.25, 0.3) is 0 Å². The molecule has 0 aromatic heterocycles. The van der Waals surface area contributed by atoms with Gasteiger partial charge in [0.05, 0.1) is 7.11 Å². The van der Waals surface area contributed by atoms with Crippen LogP contribution >= 0.6 is 15.9 Å². The van der Waals surface area contributed by atoms with Gasteiger partial charge in [-0.3, -0.25) is 0 Å². The number of ether oxygens (including phenoxy) is 2. The Morgan fingerprint density at radius 2 is 1.95 bits per heavy atom. The Labute approximate surface area is 125 Å². The fourth-order valence-electron chi connectivity index (χ4n) is 1.83. The number of nitrogens with two attached hydrogens (primary N) is 1. The number of hydrogen-bond acceptors (Lipinski definition) is 3. The van der Waals surface area contributed by atoms with Gasteiger partial charge in [-0.05, 0) is 24.3 Å². The molecule has 0 saturated carbocycles. The molecule has 0 spiro atoms. The first-order valence-corrected chi connectivity index (χ1v) is 6.87. The summed E-state index contributed by atoms with van der Waals surface area (Å²) in [5.74, 6) is 0.459. The number of rotatable bonds is 5. The lowest BCUT2D eigenvalue weighted by Crippen LogP contribution is -2.04. The minimum absolute atomic E-state index is 0.123. The quantitative estimate of drug-likeness (QED) is 0.904. The molecule has 2 N–H and O–H groups in total. The highest BCUT2D eigenvalue weighted by Gasteiger charge is 2.10. The van der Waals surface area contributed by atoms with Crippen molar-refractivity contribution >= 4 is 15.9 Å². The van der Waals surface area contributed by atoms with Crippen LogP contribution in [-0.2, 0) is 13.2 Å². The van der Waals surface area contributed by atoms with Crippen LogP contribution in [0.5, 0.6) is 11.5 Å². The lowest BCUT2D eigenvalue weighted by atomic mass is 10.2. The van der Waals surface area contributed by atoms with Gasteiger partial charge in [-0.15, -0.1) is 0 Å². The van der Waals surface area contributed by atoms with Crippen LogP contribution in [0, 0.1) is 5.82 Å². The van der Waals surface area contributed by atoms with E-state index in [0.717, 1.165) is 10.0 Å². The Morgan fingerprint density at radius 1 is 1.15 bits per heavy atom. The highest BCUT2D eigenvalue weighted by atomic mass is 79.9. The van der Waals surface area contributed by atoms with E-state index in [2.05, 4.69) is 15.9 Å². The third-order valence-electron chi connectivity index (χ3n) is 2.89. The number of benzene rings is 2. The van der Waals surface area contributed by atoms with Gasteiger partial charge in [-0.1, -0.05) is 28.1 Å². The standard InChI is InChI=1S/C15H15BrFNO2/c1-19-14-4-2-3-10(15(14)17)9-20-13-6-5-12(16)7-11(13)8-18/h2-7H,8-9,18H2,1H3. The molecule has 0 atom stereocenters. The average Bonchev–Trinajstić information content (AvgIpc) is 2.47. The van der Waals surface area contributed by atoms with E-state index in [4.69, 9.17) is 15.2 Å². The van der Waals surface area contributed by atoms with Crippen LogP contribution in [-0.4, -0.2) is 7.11 Å². The third-order valence-corrected chi connectivity index (χ3v) is 3.38. The van der Waals surface area contributed by atoms with Crippen LogP contribution < -0.4 is 15.2 Å². The lowest BCUT2D eigenvalue weighted by molar-refractivity contribution is 0.293. The predicted octanol–water partition coefficient (Wildman–Crippen LogP) is 3.63. The minimum atomic E-state index is -0.401. The van der Waals surface area contributed by atoms with Crippen molar-refractivity contribution in [1.29, 1.82) is 0 Å². The second kappa shape index (κ2) is 6.72. The second-order valence-electron chi connectivity index (χ2n) is 4.18. The van der Waals surface area contributed by atoms with Gasteiger partial charge in [-0.25, -0.2) is 4.39 Å². The topological polar surface area (TPSA) is 44.5 Å². The van der Waals surface area contributed by atoms with Gasteiger partial charge in [0.1, 0.15) is 12.4 Å². The fraction of sp³-hybridized carbons (Fsp3) is 0.200. The maximum atomic E-state index is 14.0. The van der Waals surface area contributed by atoms with E-state index in [1.54, 1.807) is 18.2 Å². The summed E-state index contributed by atoms with van der Waals surface area (Å²) in [6, 6.07) is 10.5. The molecule has 106 valence electrons. The van der Waals surface area contributed by atoms with Crippen molar-refractivity contribution < 1.29 is 13.9 Å². The SMILES string of the molecule is COc1cccc(COc2ccc(Br)cc2CN)c1F. The smallest absolute Gasteiger partial charge is 0.171 e. The second-order valence-corrected chi connectivity index (χ2v) is 5.09. The summed E-state index contributed by atoms with van der Waals surface area (Å²) >= 11 is 3.38. The van der Waals surface area contributed by atoms with Crippen molar-refractivity contribution in [2.24, 2.45) is 5.73 Å². The van der Waals surface area contributed by atoms with E-state index in [9.17, 15) is 4.39 Å². The van der Waals surface area contributed by atoms with Crippen molar-refractivity contribution in [2.45, 2.75) is 13.2 Å². The highest BCUT2D eigenvalue weighted by molar-refractivity contribution is 9.10. The molecule has 0 aliphatic rings. The molecule has 0 saturated heterocycles. The van der Waals surface area contributed by atoms with Crippen molar-refractivity contribution in [3.05, 3.63) is 57.8 Å². The first-order valence-electron chi connectivity index (χ1n) is 6.08. The Bertz CT molecular complexity index is 604. The van der Waals surface area contributed by atoms with Gasteiger partial charge >= 0.3 is 0 Å². The van der Waals surface area contributed by atoms with Gasteiger partial charge in [0, 0.05) is 22.1 Å². The molecule has 2 aromatic rings. The number of hydrogen-bond donors (Lipinski definition) is 1. The molecule has 3 nitrogen and oxygen atoms in total. The molecule has 0 aliphatic carbocycles. The minimum Gasteiger partial charge on any atom is -0.494 e. The lowest BCUT2D eigenvalue weighted by Gasteiger charge is -2.12. The molecular formula is C15H15BrFNO2. The van der Waals surface area contributed by atoms with Crippen LogP contribution in [0.2, 0.25) is 0 Å². The van der Waals surface area contributed by atoms with Crippen LogP contribution in [0.15, 0.2) is 40.9 Å². The molecule has 20 heavy (non-hydrogen) atoms. The monoisotopic (exact) mass is 339 g/mol. The molecule has 2 rings (SSSR count). The van der Waals surface area contributed by atoms with Gasteiger partial charge in [0.2, 0.25) is 0 Å². The maximum Gasteiger partial charge on any atom is 0.171 e. The molecular weight excluding hydrogens is 325 g/mol. The van der Waals surface area contributed by atoms with E-state index in [0.29, 0.717) is 17.9 Å². The summed E-state index contributed by atoms with van der Waals surface area (Å²) in [6.07, 6.45) is 0. The number of halogens is 2. The van der Waals surface area contributed by atoms with E-state index < -0.39 is 5.82 Å². The first-order chi connectivity index (χ1) is 9.65. The van der Waals surface area contributed by atoms with E-state index in [-0.39, 0.29) is 12.4 Å². The van der Waals surface area contributed by atoms with E-state index in [1.807, 2.05) is 18.2 Å². The van der Waals surface area contributed by atoms with Crippen LogP contribution in [0.1, 0.15) is 11.1 Å². The Balaban J connectivity index is 2.17. The summed E-state index contributed by atoms with van der Waals surface area (Å²) in [5, 5.41) is 0. The predicted molar refractivity (Wildman–Crippen MR) is 79.3 cm³/mol. The van der Waals surface area contributed by atoms with Crippen LogP contribution in [0.25, 0.3) is 0 Å². The van der Waals surface area contributed by atoms with Crippen molar-refractivity contribution in [3.8, 4) is 11.5 Å². The Morgan fingerprint density at radius 3 is 2.65 bits per heavy atom. The normalized spacial score (nSPS) is 10.4. The van der Waals surface area contributed by atoms with Crippen LogP contribution in [0.3, 0.4) is 0 Å². The molecule has 5 heteroatoms. The summed E-state index contributed by atoms with van der Waals surface area (Å²) < 4.78 is 25.5. The van der Waals surface area contributed by atoms with Crippen molar-refractivity contribution in [1.82, 2.24) is 0 Å². The summed E-state index contributed by atoms with van der Waals surface area (Å²) in [5.41, 5.74) is 6.97. The zero-order valence-electron chi connectivity index (χ0n) is 11.0. The fourth-order valence-corrected chi connectivity index (χ4v) is 2.24. The van der Waals surface area contributed by atoms with E-state index >= 15 is 0 Å². The van der Waals surface area contributed by atoms with Crippen molar-refractivity contribution in [3.63, 3.8) is 0 Å². The zero-order chi connectivity index (χ0) is 14.5. The molecule has 0 unspecified atom stereocenters. The van der Waals surface area contributed by atoms with Crippen LogP contribution in [0.4, 0.5) is 4.39 Å². The molecule has 2 aromatic carbocycles. The Kier molecular flexibility index (Phi) is 4.98. The van der Waals surface area contributed by atoms with Gasteiger partial charge in [-0.2, -0.15) is 0 Å². The third kappa shape index (κ3) is 3.29. The zero-order valence-corrected chi connectivity index (χ0v) is 12.6. The summed E-state index contributed by atoms with van der Waals surface area (Å²) in [6.45, 7) is 0.479. The molecule has 0 amide bonds. The number of methoxy groups -OCH3 is 1. The molecule has 0 heterocycles. The summed E-state index contributed by atoms with van der Waals surface area (Å²) in [4.78, 5) is 0. The molecule has 0 fully saturated rings. The van der Waals surface area contributed by atoms with Gasteiger partial charge in [0.15, 0.2) is 11.6 Å². The molecule has 0 bridgehead atoms. The highest BCUT2D eigenvalue weighted by Crippen LogP contribution is 2.25. The largest absolute Gasteiger partial charge is 0.494 e. The summed E-state index contributed by atoms with van der Waals surface area (Å²) in [7, 11) is 1.43. The van der Waals surface area contributed by atoms with E-state index in [1.165, 1.54) is 7.11 Å². The maximum absolute atomic E-state index is 14.0. The molecule has 0 aliphatic heterocycles. The van der Waals surface area contributed by atoms with Gasteiger partial charge < -0.3 is 15.2 Å². The van der Waals surface area contributed by atoms with Crippen molar-refractivity contribution in [2.75, 3.05) is 7.11 Å². The molecule has 0 radical (unpaired) electrons. The average molecular weight is 340 g/mol.